The molecule has 1 aliphatic rings. The second-order valence-electron chi connectivity index (χ2n) is 5.66. The van der Waals surface area contributed by atoms with E-state index in [-0.39, 0.29) is 6.10 Å². The Morgan fingerprint density at radius 2 is 2.20 bits per heavy atom. The first-order chi connectivity index (χ1) is 9.68. The van der Waals surface area contributed by atoms with Crippen molar-refractivity contribution in [1.29, 1.82) is 0 Å². The van der Waals surface area contributed by atoms with Gasteiger partial charge in [0.25, 0.3) is 0 Å². The molecule has 1 saturated heterocycles. The van der Waals surface area contributed by atoms with E-state index < -0.39 is 6.10 Å². The van der Waals surface area contributed by atoms with Crippen molar-refractivity contribution in [3.63, 3.8) is 0 Å². The normalized spacial score (nSPS) is 20.7. The number of nitrogens with one attached hydrogen (secondary N) is 1. The Labute approximate surface area is 123 Å². The van der Waals surface area contributed by atoms with Crippen molar-refractivity contribution < 1.29 is 19.3 Å². The minimum atomic E-state index is -0.441. The van der Waals surface area contributed by atoms with E-state index in [4.69, 9.17) is 14.2 Å². The lowest BCUT2D eigenvalue weighted by Crippen LogP contribution is -2.32. The molecule has 2 unspecified atom stereocenters. The Bertz CT molecular complexity index is 220. The molecule has 120 valence electrons. The maximum Gasteiger partial charge on any atom is 0.0897 e. The lowest BCUT2D eigenvalue weighted by Gasteiger charge is -2.14. The number of hydrogen-bond acceptors (Lipinski definition) is 5. The van der Waals surface area contributed by atoms with Crippen molar-refractivity contribution >= 4 is 0 Å². The van der Waals surface area contributed by atoms with Gasteiger partial charge in [0.15, 0.2) is 0 Å². The van der Waals surface area contributed by atoms with Gasteiger partial charge in [-0.15, -0.1) is 0 Å². The molecule has 2 atom stereocenters. The van der Waals surface area contributed by atoms with Crippen LogP contribution < -0.4 is 5.32 Å². The summed E-state index contributed by atoms with van der Waals surface area (Å²) in [6, 6.07) is 0. The van der Waals surface area contributed by atoms with Gasteiger partial charge >= 0.3 is 0 Å². The molecule has 0 amide bonds. The average Bonchev–Trinajstić information content (AvgIpc) is 2.90. The van der Waals surface area contributed by atoms with E-state index in [2.05, 4.69) is 5.32 Å². The molecule has 5 heteroatoms. The first kappa shape index (κ1) is 17.9. The minimum Gasteiger partial charge on any atom is -0.389 e. The van der Waals surface area contributed by atoms with Crippen LogP contribution in [0.3, 0.4) is 0 Å². The summed E-state index contributed by atoms with van der Waals surface area (Å²) in [5.41, 5.74) is 0. The molecule has 1 fully saturated rings. The second-order valence-corrected chi connectivity index (χ2v) is 5.66. The summed E-state index contributed by atoms with van der Waals surface area (Å²) in [5, 5.41) is 13.0. The van der Waals surface area contributed by atoms with E-state index in [1.807, 2.05) is 13.8 Å². The van der Waals surface area contributed by atoms with Gasteiger partial charge in [-0.3, -0.25) is 0 Å². The maximum atomic E-state index is 9.75. The van der Waals surface area contributed by atoms with Gasteiger partial charge in [0.2, 0.25) is 0 Å². The van der Waals surface area contributed by atoms with E-state index in [1.54, 1.807) is 0 Å². The van der Waals surface area contributed by atoms with E-state index in [9.17, 15) is 5.11 Å². The Balaban J connectivity index is 1.81. The van der Waals surface area contributed by atoms with Crippen LogP contribution >= 0.6 is 0 Å². The quantitative estimate of drug-likeness (QED) is 0.531. The number of ether oxygens (including phenoxy) is 3. The topological polar surface area (TPSA) is 60.0 Å². The van der Waals surface area contributed by atoms with Crippen molar-refractivity contribution in [1.82, 2.24) is 5.32 Å². The highest BCUT2D eigenvalue weighted by atomic mass is 16.5. The third-order valence-electron chi connectivity index (χ3n) is 3.22. The van der Waals surface area contributed by atoms with Gasteiger partial charge in [0, 0.05) is 19.8 Å². The van der Waals surface area contributed by atoms with Gasteiger partial charge in [-0.25, -0.2) is 0 Å². The highest BCUT2D eigenvalue weighted by Crippen LogP contribution is 2.11. The van der Waals surface area contributed by atoms with Gasteiger partial charge in [0.1, 0.15) is 0 Å². The fourth-order valence-corrected chi connectivity index (χ4v) is 2.11. The molecule has 0 aliphatic carbocycles. The largest absolute Gasteiger partial charge is 0.389 e. The number of unbranched alkanes of at least 4 members (excludes halogenated alkanes) is 1. The van der Waals surface area contributed by atoms with Gasteiger partial charge in [-0.2, -0.15) is 0 Å². The Kier molecular flexibility index (Phi) is 10.2. The highest BCUT2D eigenvalue weighted by Gasteiger charge is 2.15. The van der Waals surface area contributed by atoms with Crippen LogP contribution in [0.4, 0.5) is 0 Å². The molecule has 0 aromatic rings. The van der Waals surface area contributed by atoms with Crippen LogP contribution in [0, 0.1) is 0 Å². The molecule has 2 N–H and O–H groups in total. The van der Waals surface area contributed by atoms with Gasteiger partial charge in [-0.05, 0) is 46.1 Å². The van der Waals surface area contributed by atoms with E-state index in [0.717, 1.165) is 45.4 Å². The number of hydrogen-bond donors (Lipinski definition) is 2. The molecule has 1 rings (SSSR count). The molecule has 0 saturated carbocycles. The van der Waals surface area contributed by atoms with Crippen molar-refractivity contribution in [3.05, 3.63) is 0 Å². The molecule has 0 aromatic carbocycles. The molecule has 0 radical (unpaired) electrons. The van der Waals surface area contributed by atoms with Crippen LogP contribution in [0.5, 0.6) is 0 Å². The zero-order valence-electron chi connectivity index (χ0n) is 13.0. The van der Waals surface area contributed by atoms with Crippen LogP contribution in [-0.4, -0.2) is 62.9 Å². The average molecular weight is 289 g/mol. The molecule has 0 spiro atoms. The monoisotopic (exact) mass is 289 g/mol. The lowest BCUT2D eigenvalue weighted by atomic mass is 10.2. The number of aliphatic hydroxyl groups is 1. The lowest BCUT2D eigenvalue weighted by molar-refractivity contribution is -0.0164. The summed E-state index contributed by atoms with van der Waals surface area (Å²) in [5.74, 6) is 0. The third-order valence-corrected chi connectivity index (χ3v) is 3.22. The first-order valence-corrected chi connectivity index (χ1v) is 7.88. The van der Waals surface area contributed by atoms with Gasteiger partial charge < -0.3 is 24.6 Å². The molecule has 0 aromatic heterocycles. The van der Waals surface area contributed by atoms with Gasteiger partial charge in [0.05, 0.1) is 31.5 Å². The van der Waals surface area contributed by atoms with Crippen molar-refractivity contribution in [2.24, 2.45) is 0 Å². The maximum absolute atomic E-state index is 9.75. The van der Waals surface area contributed by atoms with E-state index in [0.29, 0.717) is 25.9 Å². The molecule has 1 heterocycles. The highest BCUT2D eigenvalue weighted by molar-refractivity contribution is 4.65. The van der Waals surface area contributed by atoms with Crippen molar-refractivity contribution in [2.45, 2.75) is 57.8 Å². The molecule has 1 aliphatic heterocycles. The summed E-state index contributed by atoms with van der Waals surface area (Å²) >= 11 is 0. The van der Waals surface area contributed by atoms with Crippen molar-refractivity contribution in [2.75, 3.05) is 39.5 Å². The summed E-state index contributed by atoms with van der Waals surface area (Å²) in [7, 11) is 0. The zero-order chi connectivity index (χ0) is 14.6. The summed E-state index contributed by atoms with van der Waals surface area (Å²) in [4.78, 5) is 0. The Morgan fingerprint density at radius 1 is 1.35 bits per heavy atom. The molecule has 5 nitrogen and oxygen atoms in total. The predicted molar refractivity (Wildman–Crippen MR) is 79.0 cm³/mol. The number of aliphatic hydroxyl groups excluding tert-OH is 1. The van der Waals surface area contributed by atoms with Crippen LogP contribution in [0.25, 0.3) is 0 Å². The summed E-state index contributed by atoms with van der Waals surface area (Å²) < 4.78 is 16.4. The van der Waals surface area contributed by atoms with Crippen LogP contribution in [0.15, 0.2) is 0 Å². The van der Waals surface area contributed by atoms with E-state index in [1.165, 1.54) is 0 Å². The van der Waals surface area contributed by atoms with Crippen molar-refractivity contribution in [3.8, 4) is 0 Å². The van der Waals surface area contributed by atoms with E-state index >= 15 is 0 Å². The summed E-state index contributed by atoms with van der Waals surface area (Å²) in [6.45, 7) is 8.22. The molecule has 20 heavy (non-hydrogen) atoms. The van der Waals surface area contributed by atoms with Crippen LogP contribution in [0.2, 0.25) is 0 Å². The third kappa shape index (κ3) is 9.66. The van der Waals surface area contributed by atoms with Crippen LogP contribution in [-0.2, 0) is 14.2 Å². The second kappa shape index (κ2) is 11.5. The summed E-state index contributed by atoms with van der Waals surface area (Å²) in [6.07, 6.45) is 4.42. The Hall–Kier alpha value is -0.200. The molecular weight excluding hydrogens is 258 g/mol. The molecule has 0 bridgehead atoms. The van der Waals surface area contributed by atoms with Crippen LogP contribution in [0.1, 0.15) is 39.5 Å². The predicted octanol–water partition coefficient (Wildman–Crippen LogP) is 1.34. The first-order valence-electron chi connectivity index (χ1n) is 7.88. The molecular formula is C15H31NO4. The standard InChI is InChI=1S/C15H31NO4/c1-13(2)19-8-4-3-7-16-10-14(17)11-18-12-15-6-5-9-20-15/h13-17H,3-12H2,1-2H3. The Morgan fingerprint density at radius 3 is 2.90 bits per heavy atom. The minimum absolute atomic E-state index is 0.233. The number of rotatable bonds is 12. The fourth-order valence-electron chi connectivity index (χ4n) is 2.11. The zero-order valence-corrected chi connectivity index (χ0v) is 13.0. The smallest absolute Gasteiger partial charge is 0.0897 e. The fraction of sp³-hybridized carbons (Fsp3) is 1.00. The SMILES string of the molecule is CC(C)OCCCCNCC(O)COCC1CCCO1. The van der Waals surface area contributed by atoms with Gasteiger partial charge in [-0.1, -0.05) is 0 Å².